The fourth-order valence-electron chi connectivity index (χ4n) is 3.91. The highest BCUT2D eigenvalue weighted by atomic mass is 16.3. The summed E-state index contributed by atoms with van der Waals surface area (Å²) < 4.78 is 0. The molecule has 1 aromatic carbocycles. The first kappa shape index (κ1) is 12.0. The van der Waals surface area contributed by atoms with Gasteiger partial charge >= 0.3 is 0 Å². The maximum Gasteiger partial charge on any atom is 0.0681 e. The van der Waals surface area contributed by atoms with Gasteiger partial charge in [0.2, 0.25) is 0 Å². The van der Waals surface area contributed by atoms with Gasteiger partial charge in [-0.15, -0.1) is 0 Å². The Morgan fingerprint density at radius 3 is 2.50 bits per heavy atom. The minimum atomic E-state index is 0.135. The van der Waals surface area contributed by atoms with Crippen LogP contribution in [0.2, 0.25) is 0 Å². The predicted octanol–water partition coefficient (Wildman–Crippen LogP) is 3.05. The molecular weight excluding hydrogens is 222 g/mol. The molecule has 2 nitrogen and oxygen atoms in total. The Morgan fingerprint density at radius 1 is 1.17 bits per heavy atom. The number of nitrogens with zero attached hydrogens (tertiary/aromatic N) is 1. The lowest BCUT2D eigenvalue weighted by molar-refractivity contribution is 0.282. The molecule has 18 heavy (non-hydrogen) atoms. The number of anilines is 1. The fourth-order valence-corrected chi connectivity index (χ4v) is 3.91. The topological polar surface area (TPSA) is 23.5 Å². The second-order valence-corrected chi connectivity index (χ2v) is 6.14. The zero-order valence-corrected chi connectivity index (χ0v) is 11.2. The van der Waals surface area contributed by atoms with E-state index < -0.39 is 0 Å². The number of hydrogen-bond acceptors (Lipinski definition) is 2. The van der Waals surface area contributed by atoms with Crippen LogP contribution in [0.1, 0.15) is 31.2 Å². The molecule has 0 aromatic heterocycles. The van der Waals surface area contributed by atoms with Gasteiger partial charge < -0.3 is 10.0 Å². The summed E-state index contributed by atoms with van der Waals surface area (Å²) in [4.78, 5) is 2.38. The molecule has 0 heterocycles. The normalized spacial score (nSPS) is 29.8. The van der Waals surface area contributed by atoms with E-state index in [4.69, 9.17) is 5.11 Å². The average Bonchev–Trinajstić information content (AvgIpc) is 3.01. The summed E-state index contributed by atoms with van der Waals surface area (Å²) in [6.07, 6.45) is 5.88. The maximum absolute atomic E-state index is 9.05. The van der Waals surface area contributed by atoms with E-state index >= 15 is 0 Å². The molecule has 3 unspecified atom stereocenters. The fraction of sp³-hybridized carbons (Fsp3) is 0.625. The molecule has 0 aliphatic heterocycles. The zero-order chi connectivity index (χ0) is 12.5. The van der Waals surface area contributed by atoms with Crippen molar-refractivity contribution in [2.24, 2.45) is 17.8 Å². The first-order valence-corrected chi connectivity index (χ1v) is 7.17. The van der Waals surface area contributed by atoms with Crippen LogP contribution in [-0.2, 0) is 6.61 Å². The largest absolute Gasteiger partial charge is 0.392 e. The van der Waals surface area contributed by atoms with Crippen molar-refractivity contribution in [2.45, 2.75) is 32.3 Å². The third-order valence-electron chi connectivity index (χ3n) is 4.95. The summed E-state index contributed by atoms with van der Waals surface area (Å²) in [6.45, 7) is 1.33. The van der Waals surface area contributed by atoms with E-state index in [1.807, 2.05) is 12.1 Å². The molecule has 2 saturated carbocycles. The molecule has 1 N–H and O–H groups in total. The third kappa shape index (κ3) is 2.26. The van der Waals surface area contributed by atoms with Gasteiger partial charge in [0, 0.05) is 19.3 Å². The number of aliphatic hydroxyl groups is 1. The molecule has 3 atom stereocenters. The van der Waals surface area contributed by atoms with Gasteiger partial charge in [-0.3, -0.25) is 0 Å². The molecule has 2 bridgehead atoms. The quantitative estimate of drug-likeness (QED) is 0.881. The molecule has 2 heteroatoms. The Morgan fingerprint density at radius 2 is 1.94 bits per heavy atom. The Balaban J connectivity index is 1.62. The summed E-state index contributed by atoms with van der Waals surface area (Å²) in [5.41, 5.74) is 2.27. The number of hydrogen-bond donors (Lipinski definition) is 1. The van der Waals surface area contributed by atoms with Crippen LogP contribution in [0.4, 0.5) is 5.69 Å². The predicted molar refractivity (Wildman–Crippen MR) is 74.6 cm³/mol. The summed E-state index contributed by atoms with van der Waals surface area (Å²) in [5.74, 6) is 2.94. The Bertz CT molecular complexity index is 400. The molecule has 2 aliphatic carbocycles. The molecule has 2 aliphatic rings. The van der Waals surface area contributed by atoms with Crippen molar-refractivity contribution in [3.8, 4) is 0 Å². The van der Waals surface area contributed by atoms with Gasteiger partial charge in [0.1, 0.15) is 0 Å². The van der Waals surface area contributed by atoms with Gasteiger partial charge in [-0.25, -0.2) is 0 Å². The van der Waals surface area contributed by atoms with Gasteiger partial charge in [0.15, 0.2) is 0 Å². The minimum Gasteiger partial charge on any atom is -0.392 e. The van der Waals surface area contributed by atoms with Crippen molar-refractivity contribution in [3.63, 3.8) is 0 Å². The third-order valence-corrected chi connectivity index (χ3v) is 4.95. The highest BCUT2D eigenvalue weighted by molar-refractivity contribution is 5.46. The maximum atomic E-state index is 9.05. The van der Waals surface area contributed by atoms with Crippen LogP contribution < -0.4 is 4.90 Å². The van der Waals surface area contributed by atoms with E-state index in [0.29, 0.717) is 0 Å². The summed E-state index contributed by atoms with van der Waals surface area (Å²) in [5, 5.41) is 9.05. The smallest absolute Gasteiger partial charge is 0.0681 e. The van der Waals surface area contributed by atoms with Gasteiger partial charge in [0.05, 0.1) is 6.61 Å². The lowest BCUT2D eigenvalue weighted by atomic mass is 9.88. The average molecular weight is 245 g/mol. The lowest BCUT2D eigenvalue weighted by Crippen LogP contribution is -2.28. The summed E-state index contributed by atoms with van der Waals surface area (Å²) in [6, 6.07) is 8.29. The first-order valence-electron chi connectivity index (χ1n) is 7.17. The SMILES string of the molecule is CN(CC1CC2CCC1C2)c1ccc(CO)cc1. The molecule has 1 aromatic rings. The summed E-state index contributed by atoms with van der Waals surface area (Å²) >= 11 is 0. The molecule has 0 radical (unpaired) electrons. The standard InChI is InChI=1S/C16H23NO/c1-17(16-6-3-12(11-18)4-7-16)10-15-9-13-2-5-14(15)8-13/h3-4,6-7,13-15,18H,2,5,8-11H2,1H3. The van der Waals surface area contributed by atoms with Gasteiger partial charge in [-0.2, -0.15) is 0 Å². The molecule has 3 rings (SSSR count). The second kappa shape index (κ2) is 4.93. The van der Waals surface area contributed by atoms with Crippen LogP contribution >= 0.6 is 0 Å². The Kier molecular flexibility index (Phi) is 3.29. The van der Waals surface area contributed by atoms with Crippen molar-refractivity contribution in [1.82, 2.24) is 0 Å². The van der Waals surface area contributed by atoms with Crippen LogP contribution in [0.25, 0.3) is 0 Å². The molecule has 0 amide bonds. The molecule has 0 saturated heterocycles. The van der Waals surface area contributed by atoms with E-state index in [9.17, 15) is 0 Å². The summed E-state index contributed by atoms with van der Waals surface area (Å²) in [7, 11) is 2.19. The molecule has 0 spiro atoms. The van der Waals surface area contributed by atoms with Crippen molar-refractivity contribution < 1.29 is 5.11 Å². The highest BCUT2D eigenvalue weighted by Gasteiger charge is 2.39. The van der Waals surface area contributed by atoms with Crippen LogP contribution in [0.15, 0.2) is 24.3 Å². The van der Waals surface area contributed by atoms with E-state index in [0.717, 1.165) is 23.3 Å². The highest BCUT2D eigenvalue weighted by Crippen LogP contribution is 2.48. The van der Waals surface area contributed by atoms with Crippen molar-refractivity contribution in [3.05, 3.63) is 29.8 Å². The van der Waals surface area contributed by atoms with Gasteiger partial charge in [-0.1, -0.05) is 18.6 Å². The Labute approximate surface area is 110 Å². The van der Waals surface area contributed by atoms with E-state index in [1.165, 1.54) is 37.9 Å². The minimum absolute atomic E-state index is 0.135. The molecule has 98 valence electrons. The van der Waals surface area contributed by atoms with Crippen LogP contribution in [0.5, 0.6) is 0 Å². The van der Waals surface area contributed by atoms with Crippen molar-refractivity contribution in [2.75, 3.05) is 18.5 Å². The number of aliphatic hydroxyl groups excluding tert-OH is 1. The van der Waals surface area contributed by atoms with Gasteiger partial charge in [-0.05, 0) is 54.7 Å². The van der Waals surface area contributed by atoms with E-state index in [1.54, 1.807) is 0 Å². The first-order chi connectivity index (χ1) is 8.76. The van der Waals surface area contributed by atoms with Crippen molar-refractivity contribution in [1.29, 1.82) is 0 Å². The molecular formula is C16H23NO. The van der Waals surface area contributed by atoms with E-state index in [-0.39, 0.29) is 6.61 Å². The number of benzene rings is 1. The van der Waals surface area contributed by atoms with Crippen LogP contribution in [-0.4, -0.2) is 18.7 Å². The molecule has 2 fully saturated rings. The van der Waals surface area contributed by atoms with Crippen LogP contribution in [0.3, 0.4) is 0 Å². The monoisotopic (exact) mass is 245 g/mol. The Hall–Kier alpha value is -1.02. The van der Waals surface area contributed by atoms with Gasteiger partial charge in [0.25, 0.3) is 0 Å². The lowest BCUT2D eigenvalue weighted by Gasteiger charge is -2.28. The van der Waals surface area contributed by atoms with Crippen molar-refractivity contribution >= 4 is 5.69 Å². The second-order valence-electron chi connectivity index (χ2n) is 6.14. The van der Waals surface area contributed by atoms with Crippen LogP contribution in [0, 0.1) is 17.8 Å². The van der Waals surface area contributed by atoms with E-state index in [2.05, 4.69) is 24.1 Å². The zero-order valence-electron chi connectivity index (χ0n) is 11.2. The number of rotatable bonds is 4. The number of fused-ring (bicyclic) bond motifs is 2.